The van der Waals surface area contributed by atoms with Crippen LogP contribution in [0.25, 0.3) is 33.0 Å². The highest BCUT2D eigenvalue weighted by molar-refractivity contribution is 6.11. The van der Waals surface area contributed by atoms with Gasteiger partial charge in [-0.05, 0) is 76.1 Å². The van der Waals surface area contributed by atoms with Gasteiger partial charge in [-0.1, -0.05) is 25.0 Å². The predicted molar refractivity (Wildman–Crippen MR) is 160 cm³/mol. The SMILES string of the molecule is C[n+]1c2ccccc2c(NCCN2CCCCC2)c2oc3ccc(OCC(=O)NCCN4CCCCC4)cc3c21. The highest BCUT2D eigenvalue weighted by Gasteiger charge is 2.25. The summed E-state index contributed by atoms with van der Waals surface area (Å²) in [6, 6.07) is 14.3. The Kier molecular flexibility index (Phi) is 8.35. The standard InChI is InChI=1S/C32H41N5O3/c1-35-27-11-5-4-10-25(27)30(34-15-21-37-18-8-3-9-19-37)32-31(35)26-22-24(12-13-28(26)40-32)39-23-29(38)33-14-20-36-16-6-2-7-17-36/h4-5,10-13,22H,2-3,6-9,14-21,23H2,1H3,(H,33,38)/p+1. The third-order valence-electron chi connectivity index (χ3n) is 8.48. The lowest BCUT2D eigenvalue weighted by atomic mass is 10.1. The van der Waals surface area contributed by atoms with Crippen LogP contribution in [0.4, 0.5) is 5.69 Å². The van der Waals surface area contributed by atoms with Crippen LogP contribution in [-0.2, 0) is 11.8 Å². The molecule has 2 aromatic heterocycles. The number of likely N-dealkylation sites (tertiary alicyclic amines) is 2. The largest absolute Gasteiger partial charge is 0.484 e. The van der Waals surface area contributed by atoms with Gasteiger partial charge in [0, 0.05) is 32.2 Å². The van der Waals surface area contributed by atoms with E-state index in [1.165, 1.54) is 51.6 Å². The lowest BCUT2D eigenvalue weighted by Crippen LogP contribution is -2.39. The van der Waals surface area contributed by atoms with Crippen LogP contribution in [0.1, 0.15) is 38.5 Å². The quantitative estimate of drug-likeness (QED) is 0.288. The molecular formula is C32H42N5O3+. The van der Waals surface area contributed by atoms with Crippen LogP contribution in [0.5, 0.6) is 5.75 Å². The first-order valence-electron chi connectivity index (χ1n) is 15.0. The van der Waals surface area contributed by atoms with Gasteiger partial charge in [0.25, 0.3) is 11.4 Å². The van der Waals surface area contributed by atoms with Crippen molar-refractivity contribution in [3.8, 4) is 5.75 Å². The van der Waals surface area contributed by atoms with Crippen molar-refractivity contribution in [3.63, 3.8) is 0 Å². The van der Waals surface area contributed by atoms with E-state index in [0.29, 0.717) is 12.3 Å². The number of para-hydroxylation sites is 1. The summed E-state index contributed by atoms with van der Waals surface area (Å²) in [5.74, 6) is 0.569. The zero-order valence-corrected chi connectivity index (χ0v) is 23.7. The number of furan rings is 1. The van der Waals surface area contributed by atoms with Crippen LogP contribution in [0.2, 0.25) is 0 Å². The minimum Gasteiger partial charge on any atom is -0.484 e. The second-order valence-corrected chi connectivity index (χ2v) is 11.3. The molecule has 212 valence electrons. The molecule has 2 fully saturated rings. The number of hydrogen-bond acceptors (Lipinski definition) is 6. The minimum atomic E-state index is -0.0918. The van der Waals surface area contributed by atoms with Crippen LogP contribution in [-0.4, -0.2) is 74.7 Å². The van der Waals surface area contributed by atoms with Crippen LogP contribution in [0, 0.1) is 0 Å². The first kappa shape index (κ1) is 26.8. The first-order chi connectivity index (χ1) is 19.7. The summed E-state index contributed by atoms with van der Waals surface area (Å²) >= 11 is 0. The molecule has 6 rings (SSSR count). The van der Waals surface area contributed by atoms with Crippen LogP contribution >= 0.6 is 0 Å². The van der Waals surface area contributed by atoms with Gasteiger partial charge >= 0.3 is 0 Å². The molecule has 2 aliphatic rings. The van der Waals surface area contributed by atoms with E-state index < -0.39 is 0 Å². The Morgan fingerprint density at radius 2 is 1.60 bits per heavy atom. The number of carbonyl (C=O) groups is 1. The van der Waals surface area contributed by atoms with Gasteiger partial charge in [0.15, 0.2) is 6.61 Å². The van der Waals surface area contributed by atoms with E-state index in [9.17, 15) is 4.79 Å². The number of aryl methyl sites for hydroxylation is 1. The van der Waals surface area contributed by atoms with Crippen molar-refractivity contribution in [2.45, 2.75) is 38.5 Å². The number of piperidine rings is 2. The number of carbonyl (C=O) groups excluding carboxylic acids is 1. The number of anilines is 1. The van der Waals surface area contributed by atoms with Crippen molar-refractivity contribution < 1.29 is 18.5 Å². The maximum absolute atomic E-state index is 12.5. The van der Waals surface area contributed by atoms with E-state index in [4.69, 9.17) is 9.15 Å². The maximum Gasteiger partial charge on any atom is 0.261 e. The molecule has 2 aliphatic heterocycles. The van der Waals surface area contributed by atoms with E-state index in [-0.39, 0.29) is 12.5 Å². The molecule has 0 bridgehead atoms. The normalized spacial score (nSPS) is 17.0. The Hall–Kier alpha value is -3.36. The van der Waals surface area contributed by atoms with Gasteiger partial charge in [-0.25, -0.2) is 0 Å². The zero-order chi connectivity index (χ0) is 27.3. The summed E-state index contributed by atoms with van der Waals surface area (Å²) in [7, 11) is 2.08. The predicted octanol–water partition coefficient (Wildman–Crippen LogP) is 4.44. The molecule has 2 aromatic carbocycles. The van der Waals surface area contributed by atoms with Gasteiger partial charge in [0.05, 0.1) is 16.5 Å². The Morgan fingerprint density at radius 1 is 0.900 bits per heavy atom. The van der Waals surface area contributed by atoms with Crippen molar-refractivity contribution in [1.82, 2.24) is 15.1 Å². The average molecular weight is 545 g/mol. The van der Waals surface area contributed by atoms with Gasteiger partial charge in [-0.3, -0.25) is 4.79 Å². The molecule has 1 amide bonds. The van der Waals surface area contributed by atoms with E-state index in [2.05, 4.69) is 56.3 Å². The third kappa shape index (κ3) is 5.88. The molecule has 2 N–H and O–H groups in total. The fourth-order valence-electron chi connectivity index (χ4n) is 6.31. The summed E-state index contributed by atoms with van der Waals surface area (Å²) in [4.78, 5) is 17.4. The molecule has 4 aromatic rings. The number of nitrogens with one attached hydrogen (secondary N) is 2. The van der Waals surface area contributed by atoms with Gasteiger partial charge in [-0.2, -0.15) is 4.57 Å². The maximum atomic E-state index is 12.5. The summed E-state index contributed by atoms with van der Waals surface area (Å²) < 4.78 is 14.6. The zero-order valence-electron chi connectivity index (χ0n) is 23.7. The third-order valence-corrected chi connectivity index (χ3v) is 8.48. The number of fused-ring (bicyclic) bond motifs is 4. The number of nitrogens with zero attached hydrogens (tertiary/aromatic N) is 3. The highest BCUT2D eigenvalue weighted by Crippen LogP contribution is 2.37. The fourth-order valence-corrected chi connectivity index (χ4v) is 6.31. The second-order valence-electron chi connectivity index (χ2n) is 11.3. The number of hydrogen-bond donors (Lipinski definition) is 2. The van der Waals surface area contributed by atoms with E-state index >= 15 is 0 Å². The van der Waals surface area contributed by atoms with E-state index in [1.807, 2.05) is 18.2 Å². The lowest BCUT2D eigenvalue weighted by molar-refractivity contribution is -0.616. The van der Waals surface area contributed by atoms with Crippen molar-refractivity contribution in [2.75, 3.05) is 64.3 Å². The molecule has 8 heteroatoms. The molecule has 0 radical (unpaired) electrons. The molecule has 40 heavy (non-hydrogen) atoms. The molecule has 2 saturated heterocycles. The topological polar surface area (TPSA) is 73.9 Å². The van der Waals surface area contributed by atoms with Crippen molar-refractivity contribution in [1.29, 1.82) is 0 Å². The molecule has 0 unspecified atom stereocenters. The van der Waals surface area contributed by atoms with Gasteiger partial charge < -0.3 is 29.6 Å². The number of amides is 1. The van der Waals surface area contributed by atoms with Crippen molar-refractivity contribution in [3.05, 3.63) is 42.5 Å². The molecule has 8 nitrogen and oxygen atoms in total. The molecule has 4 heterocycles. The van der Waals surface area contributed by atoms with Gasteiger partial charge in [-0.15, -0.1) is 0 Å². The highest BCUT2D eigenvalue weighted by atomic mass is 16.5. The number of ether oxygens (including phenoxy) is 1. The molecule has 0 aliphatic carbocycles. The first-order valence-corrected chi connectivity index (χ1v) is 15.0. The molecule has 0 saturated carbocycles. The van der Waals surface area contributed by atoms with E-state index in [0.717, 1.165) is 71.4 Å². The van der Waals surface area contributed by atoms with Gasteiger partial charge in [0.1, 0.15) is 18.4 Å². The number of aromatic nitrogens is 1. The second kappa shape index (κ2) is 12.4. The fraction of sp³-hybridized carbons (Fsp3) is 0.500. The summed E-state index contributed by atoms with van der Waals surface area (Å²) in [6.07, 6.45) is 7.76. The van der Waals surface area contributed by atoms with Crippen molar-refractivity contribution >= 4 is 44.6 Å². The van der Waals surface area contributed by atoms with Crippen molar-refractivity contribution in [2.24, 2.45) is 7.05 Å². The molecule has 0 atom stereocenters. The molecule has 0 spiro atoms. The average Bonchev–Trinajstić information content (AvgIpc) is 3.38. The molecular weight excluding hydrogens is 502 g/mol. The minimum absolute atomic E-state index is 0.000345. The number of benzene rings is 2. The van der Waals surface area contributed by atoms with Crippen LogP contribution in [0.3, 0.4) is 0 Å². The Balaban J connectivity index is 1.19. The van der Waals surface area contributed by atoms with Crippen LogP contribution in [0.15, 0.2) is 46.9 Å². The monoisotopic (exact) mass is 544 g/mol. The Morgan fingerprint density at radius 3 is 2.35 bits per heavy atom. The van der Waals surface area contributed by atoms with E-state index in [1.54, 1.807) is 0 Å². The van der Waals surface area contributed by atoms with Gasteiger partial charge in [0.2, 0.25) is 11.1 Å². The Labute approximate surface area is 236 Å². The lowest BCUT2D eigenvalue weighted by Gasteiger charge is -2.26. The smallest absolute Gasteiger partial charge is 0.261 e. The summed E-state index contributed by atoms with van der Waals surface area (Å²) in [6.45, 7) is 8.08. The number of pyridine rings is 1. The summed E-state index contributed by atoms with van der Waals surface area (Å²) in [5, 5.41) is 8.85. The Bertz CT molecular complexity index is 1470. The number of rotatable bonds is 10. The van der Waals surface area contributed by atoms with Crippen LogP contribution < -0.4 is 19.9 Å². The summed E-state index contributed by atoms with van der Waals surface area (Å²) in [5.41, 5.74) is 4.84.